The highest BCUT2D eigenvalue weighted by Gasteiger charge is 2.63. The average molecular weight is 607 g/mol. The number of aromatic amines is 1. The van der Waals surface area contributed by atoms with Crippen molar-refractivity contribution in [3.63, 3.8) is 0 Å². The molecule has 3 aromatic carbocycles. The largest absolute Gasteiger partial charge is 0.337 e. The van der Waals surface area contributed by atoms with E-state index in [0.29, 0.717) is 26.7 Å². The van der Waals surface area contributed by atoms with Crippen LogP contribution in [0.4, 0.5) is 22.7 Å². The van der Waals surface area contributed by atoms with E-state index in [1.54, 1.807) is 36.4 Å². The molecule has 1 amide bonds. The molecule has 41 heavy (non-hydrogen) atoms. The molecule has 3 saturated heterocycles. The van der Waals surface area contributed by atoms with E-state index < -0.39 is 15.8 Å². The smallest absolute Gasteiger partial charge is 0.275 e. The first-order valence-corrected chi connectivity index (χ1v) is 15.9. The van der Waals surface area contributed by atoms with Gasteiger partial charge in [-0.15, -0.1) is 11.3 Å². The zero-order chi connectivity index (χ0) is 28.2. The maximum absolute atomic E-state index is 13.4. The van der Waals surface area contributed by atoms with Crippen LogP contribution in [0.5, 0.6) is 0 Å². The van der Waals surface area contributed by atoms with Gasteiger partial charge in [0, 0.05) is 50.6 Å². The molecule has 4 heterocycles. The fraction of sp³-hybridized carbons (Fsp3) is 0.259. The molecule has 0 aliphatic carbocycles. The number of aromatic nitrogens is 1. The maximum Gasteiger partial charge on any atom is 0.275 e. The summed E-state index contributed by atoms with van der Waals surface area (Å²) in [4.78, 5) is 23.2. The number of rotatable bonds is 10. The monoisotopic (exact) mass is 606 g/mol. The van der Waals surface area contributed by atoms with Crippen molar-refractivity contribution in [1.82, 2.24) is 19.7 Å². The molecule has 1 aromatic heterocycles. The Bertz CT molecular complexity index is 1790. The lowest BCUT2D eigenvalue weighted by Crippen LogP contribution is -2.61. The van der Waals surface area contributed by atoms with Gasteiger partial charge in [-0.1, -0.05) is 0 Å². The summed E-state index contributed by atoms with van der Waals surface area (Å²) in [6.07, 6.45) is 0. The Kier molecular flexibility index (Phi) is 6.48. The number of anilines is 2. The second-order valence-corrected chi connectivity index (χ2v) is 13.5. The van der Waals surface area contributed by atoms with E-state index in [1.807, 2.05) is 18.2 Å². The van der Waals surface area contributed by atoms with E-state index in [0.717, 1.165) is 49.5 Å². The Labute approximate surface area is 245 Å². The summed E-state index contributed by atoms with van der Waals surface area (Å²) in [5.74, 6) is -0.809. The number of amides is 1. The van der Waals surface area contributed by atoms with E-state index in [9.17, 15) is 13.2 Å². The second kappa shape index (κ2) is 10.1. The van der Waals surface area contributed by atoms with Gasteiger partial charge in [0.15, 0.2) is 3.95 Å². The van der Waals surface area contributed by atoms with Crippen molar-refractivity contribution >= 4 is 72.5 Å². The molecular weight excluding hydrogens is 581 g/mol. The van der Waals surface area contributed by atoms with Gasteiger partial charge in [-0.25, -0.2) is 8.42 Å². The first kappa shape index (κ1) is 26.4. The Hall–Kier alpha value is -3.53. The van der Waals surface area contributed by atoms with Crippen LogP contribution in [0, 0.1) is 3.95 Å². The second-order valence-electron chi connectivity index (χ2n) is 10.1. The molecule has 0 spiro atoms. The predicted molar refractivity (Wildman–Crippen MR) is 161 cm³/mol. The average Bonchev–Trinajstić information content (AvgIpc) is 3.79. The molecule has 0 atom stereocenters. The third-order valence-electron chi connectivity index (χ3n) is 7.20. The van der Waals surface area contributed by atoms with Crippen molar-refractivity contribution in [2.45, 2.75) is 10.7 Å². The van der Waals surface area contributed by atoms with Gasteiger partial charge in [0.25, 0.3) is 15.9 Å². The highest BCUT2D eigenvalue weighted by Crippen LogP contribution is 2.40. The lowest BCUT2D eigenvalue weighted by atomic mass is 10.2. The highest BCUT2D eigenvalue weighted by molar-refractivity contribution is 7.92. The molecule has 11 nitrogen and oxygen atoms in total. The summed E-state index contributed by atoms with van der Waals surface area (Å²) in [7, 11) is -3.84. The van der Waals surface area contributed by atoms with E-state index in [-0.39, 0.29) is 10.8 Å². The van der Waals surface area contributed by atoms with Gasteiger partial charge in [0.1, 0.15) is 0 Å². The first-order valence-electron chi connectivity index (χ1n) is 13.2. The summed E-state index contributed by atoms with van der Waals surface area (Å²) < 4.78 is 30.3. The molecule has 4 aromatic rings. The number of fused-ring (bicyclic) bond motifs is 1. The van der Waals surface area contributed by atoms with E-state index in [1.165, 1.54) is 23.5 Å². The number of hydrogen-bond acceptors (Lipinski definition) is 10. The SMILES string of the molecule is O=C(Nc1ccc(S(=O)(=O)Nc2ccc(N=Nc3ccc4[nH]c(=S)sc4c3)cc2)cc1)C(N1CC1)(N1CC1)N1CC1. The van der Waals surface area contributed by atoms with Gasteiger partial charge in [-0.2, -0.15) is 10.2 Å². The number of nitrogens with one attached hydrogen (secondary N) is 3. The molecule has 3 aliphatic rings. The number of benzene rings is 3. The molecule has 0 bridgehead atoms. The topological polar surface area (TPSA) is 125 Å². The molecule has 0 unspecified atom stereocenters. The van der Waals surface area contributed by atoms with Crippen LogP contribution in [-0.4, -0.2) is 79.1 Å². The van der Waals surface area contributed by atoms with Gasteiger partial charge in [0.2, 0.25) is 5.79 Å². The fourth-order valence-electron chi connectivity index (χ4n) is 4.97. The number of carbonyl (C=O) groups excluding carboxylic acids is 1. The van der Waals surface area contributed by atoms with Crippen LogP contribution in [0.1, 0.15) is 0 Å². The Balaban J connectivity index is 1.00. The molecule has 14 heteroatoms. The van der Waals surface area contributed by atoms with Crippen molar-refractivity contribution < 1.29 is 13.2 Å². The number of azo groups is 1. The van der Waals surface area contributed by atoms with Crippen molar-refractivity contribution in [2.24, 2.45) is 10.2 Å². The van der Waals surface area contributed by atoms with Crippen LogP contribution < -0.4 is 10.0 Å². The minimum Gasteiger partial charge on any atom is -0.337 e. The van der Waals surface area contributed by atoms with Crippen LogP contribution in [0.3, 0.4) is 0 Å². The molecule has 3 fully saturated rings. The quantitative estimate of drug-likeness (QED) is 0.136. The molecule has 3 aliphatic heterocycles. The number of nitrogens with zero attached hydrogens (tertiary/aromatic N) is 5. The normalized spacial score (nSPS) is 17.7. The maximum atomic E-state index is 13.4. The Morgan fingerprint density at radius 2 is 1.39 bits per heavy atom. The van der Waals surface area contributed by atoms with Crippen molar-refractivity contribution in [2.75, 3.05) is 49.3 Å². The molecular formula is C27H26N8O3S3. The molecule has 3 N–H and O–H groups in total. The third kappa shape index (κ3) is 5.29. The summed E-state index contributed by atoms with van der Waals surface area (Å²) in [6, 6.07) is 18.5. The first-order chi connectivity index (χ1) is 19.8. The number of hydrogen-bond donors (Lipinski definition) is 3. The van der Waals surface area contributed by atoms with E-state index in [4.69, 9.17) is 12.2 Å². The minimum atomic E-state index is -3.84. The fourth-order valence-corrected chi connectivity index (χ4v) is 7.18. The van der Waals surface area contributed by atoms with Crippen LogP contribution in [-0.2, 0) is 14.8 Å². The summed E-state index contributed by atoms with van der Waals surface area (Å²) in [5.41, 5.74) is 3.19. The highest BCUT2D eigenvalue weighted by atomic mass is 32.2. The minimum absolute atomic E-state index is 0.0906. The van der Waals surface area contributed by atoms with Gasteiger partial charge in [-0.3, -0.25) is 24.2 Å². The summed E-state index contributed by atoms with van der Waals surface area (Å²) in [6.45, 7) is 5.38. The van der Waals surface area contributed by atoms with Gasteiger partial charge in [-0.05, 0) is 78.9 Å². The number of sulfonamides is 1. The van der Waals surface area contributed by atoms with Crippen LogP contribution in [0.15, 0.2) is 81.9 Å². The Morgan fingerprint density at radius 3 is 2.00 bits per heavy atom. The van der Waals surface area contributed by atoms with Crippen molar-refractivity contribution in [3.8, 4) is 0 Å². The summed E-state index contributed by atoms with van der Waals surface area (Å²) in [5, 5.41) is 11.5. The van der Waals surface area contributed by atoms with Crippen molar-refractivity contribution in [3.05, 3.63) is 70.7 Å². The molecule has 0 radical (unpaired) electrons. The van der Waals surface area contributed by atoms with Crippen LogP contribution in [0.25, 0.3) is 10.2 Å². The number of H-pyrrole nitrogens is 1. The van der Waals surface area contributed by atoms with E-state index in [2.05, 4.69) is 40.0 Å². The zero-order valence-electron chi connectivity index (χ0n) is 21.8. The lowest BCUT2D eigenvalue weighted by molar-refractivity contribution is -0.139. The van der Waals surface area contributed by atoms with Gasteiger partial charge >= 0.3 is 0 Å². The van der Waals surface area contributed by atoms with Crippen LogP contribution in [0.2, 0.25) is 0 Å². The van der Waals surface area contributed by atoms with E-state index >= 15 is 0 Å². The molecule has 210 valence electrons. The zero-order valence-corrected chi connectivity index (χ0v) is 24.2. The van der Waals surface area contributed by atoms with Gasteiger partial charge < -0.3 is 10.3 Å². The van der Waals surface area contributed by atoms with Gasteiger partial charge in [0.05, 0.1) is 26.5 Å². The number of carbonyl (C=O) groups is 1. The van der Waals surface area contributed by atoms with Crippen molar-refractivity contribution in [1.29, 1.82) is 0 Å². The number of thiazole rings is 1. The third-order valence-corrected chi connectivity index (χ3v) is 9.79. The van der Waals surface area contributed by atoms with Crippen LogP contribution >= 0.6 is 23.6 Å². The standard InChI is InChI=1S/C27H26N8O3S3/c36-25(27(33-11-12-33,34-13-14-34)35-15-16-35)28-18-5-8-22(9-6-18)41(37,38)32-20-3-1-19(2-4-20)30-31-21-7-10-23-24(17-21)40-26(39)29-23/h1-10,17,32H,11-16H2,(H,28,36)(H,29,39). The molecule has 7 rings (SSSR count). The lowest BCUT2D eigenvalue weighted by Gasteiger charge is -2.36. The molecule has 0 saturated carbocycles. The Morgan fingerprint density at radius 1 is 0.829 bits per heavy atom. The predicted octanol–water partition coefficient (Wildman–Crippen LogP) is 4.71. The summed E-state index contributed by atoms with van der Waals surface area (Å²) >= 11 is 6.66.